The maximum absolute atomic E-state index is 13.2. The van der Waals surface area contributed by atoms with Crippen molar-refractivity contribution < 1.29 is 22.0 Å². The average molecular weight is 378 g/mol. The van der Waals surface area contributed by atoms with Crippen molar-refractivity contribution in [3.05, 3.63) is 35.4 Å². The molecule has 0 radical (unpaired) electrons. The smallest absolute Gasteiger partial charge is 0.356 e. The SMILES string of the molecule is CN=C(NCCc1cc(F)cc(F)c1)N1CCN(C(C)C(F)(F)F)CC1. The van der Waals surface area contributed by atoms with Crippen LogP contribution < -0.4 is 5.32 Å². The maximum atomic E-state index is 13.2. The molecule has 1 fully saturated rings. The van der Waals surface area contributed by atoms with Crippen LogP contribution in [0, 0.1) is 11.6 Å². The molecule has 0 spiro atoms. The lowest BCUT2D eigenvalue weighted by Crippen LogP contribution is -2.56. The molecule has 1 aromatic rings. The third kappa shape index (κ3) is 5.55. The Bertz CT molecular complexity index is 604. The van der Waals surface area contributed by atoms with Crippen LogP contribution in [-0.2, 0) is 6.42 Å². The van der Waals surface area contributed by atoms with Gasteiger partial charge in [0.15, 0.2) is 5.96 Å². The number of nitrogens with one attached hydrogen (secondary N) is 1. The molecule has 2 rings (SSSR count). The number of guanidine groups is 1. The molecular formula is C17H23F5N4. The molecule has 1 atom stereocenters. The van der Waals surface area contributed by atoms with E-state index in [9.17, 15) is 22.0 Å². The van der Waals surface area contributed by atoms with Gasteiger partial charge in [-0.1, -0.05) is 0 Å². The first-order valence-corrected chi connectivity index (χ1v) is 8.42. The van der Waals surface area contributed by atoms with Gasteiger partial charge in [0, 0.05) is 45.8 Å². The van der Waals surface area contributed by atoms with E-state index >= 15 is 0 Å². The topological polar surface area (TPSA) is 30.9 Å². The van der Waals surface area contributed by atoms with Crippen molar-refractivity contribution in [3.8, 4) is 0 Å². The zero-order chi connectivity index (χ0) is 19.3. The third-order valence-electron chi connectivity index (χ3n) is 4.47. The summed E-state index contributed by atoms with van der Waals surface area (Å²) in [5.41, 5.74) is 0.522. The first-order valence-electron chi connectivity index (χ1n) is 8.42. The summed E-state index contributed by atoms with van der Waals surface area (Å²) in [6.07, 6.45) is -3.83. The standard InChI is InChI=1S/C17H23F5N4/c1-12(17(20,21)22)25-5-7-26(8-6-25)16(23-2)24-4-3-13-9-14(18)11-15(19)10-13/h9-12H,3-8H2,1-2H3,(H,23,24). The summed E-state index contributed by atoms with van der Waals surface area (Å²) >= 11 is 0. The summed E-state index contributed by atoms with van der Waals surface area (Å²) < 4.78 is 64.7. The second-order valence-electron chi connectivity index (χ2n) is 6.24. The Balaban J connectivity index is 1.83. The van der Waals surface area contributed by atoms with Crippen molar-refractivity contribution in [2.75, 3.05) is 39.8 Å². The van der Waals surface area contributed by atoms with Gasteiger partial charge in [-0.25, -0.2) is 8.78 Å². The van der Waals surface area contributed by atoms with E-state index in [0.717, 1.165) is 6.07 Å². The molecule has 146 valence electrons. The van der Waals surface area contributed by atoms with Crippen LogP contribution in [0.3, 0.4) is 0 Å². The lowest BCUT2D eigenvalue weighted by atomic mass is 10.1. The zero-order valence-corrected chi connectivity index (χ0v) is 14.8. The molecule has 26 heavy (non-hydrogen) atoms. The second-order valence-corrected chi connectivity index (χ2v) is 6.24. The van der Waals surface area contributed by atoms with Gasteiger partial charge in [-0.3, -0.25) is 9.89 Å². The predicted octanol–water partition coefficient (Wildman–Crippen LogP) is 2.65. The number of hydrogen-bond acceptors (Lipinski definition) is 2. The van der Waals surface area contributed by atoms with Crippen LogP contribution in [0.15, 0.2) is 23.2 Å². The maximum Gasteiger partial charge on any atom is 0.403 e. The normalized spacial score (nSPS) is 18.1. The number of rotatable bonds is 4. The molecule has 1 saturated heterocycles. The first-order chi connectivity index (χ1) is 12.2. The van der Waals surface area contributed by atoms with Crippen LogP contribution in [0.2, 0.25) is 0 Å². The van der Waals surface area contributed by atoms with Crippen LogP contribution >= 0.6 is 0 Å². The summed E-state index contributed by atoms with van der Waals surface area (Å²) in [6, 6.07) is 1.88. The minimum absolute atomic E-state index is 0.288. The van der Waals surface area contributed by atoms with Gasteiger partial charge >= 0.3 is 6.18 Å². The molecule has 1 aliphatic heterocycles. The van der Waals surface area contributed by atoms with E-state index in [1.54, 1.807) is 7.05 Å². The molecule has 0 aliphatic carbocycles. The highest BCUT2D eigenvalue weighted by atomic mass is 19.4. The highest BCUT2D eigenvalue weighted by Crippen LogP contribution is 2.25. The van der Waals surface area contributed by atoms with Gasteiger partial charge in [0.1, 0.15) is 17.7 Å². The van der Waals surface area contributed by atoms with Gasteiger partial charge in [0.2, 0.25) is 0 Å². The van der Waals surface area contributed by atoms with E-state index in [2.05, 4.69) is 10.3 Å². The van der Waals surface area contributed by atoms with Crippen LogP contribution in [0.4, 0.5) is 22.0 Å². The summed E-state index contributed by atoms with van der Waals surface area (Å²) in [7, 11) is 1.59. The van der Waals surface area contributed by atoms with E-state index in [1.807, 2.05) is 4.90 Å². The van der Waals surface area contributed by atoms with Crippen molar-refractivity contribution in [1.29, 1.82) is 0 Å². The van der Waals surface area contributed by atoms with E-state index < -0.39 is 23.9 Å². The van der Waals surface area contributed by atoms with Crippen molar-refractivity contribution >= 4 is 5.96 Å². The van der Waals surface area contributed by atoms with Crippen LogP contribution in [-0.4, -0.2) is 67.7 Å². The molecule has 1 aliphatic rings. The number of alkyl halides is 3. The molecule has 9 heteroatoms. The fourth-order valence-corrected chi connectivity index (χ4v) is 2.93. The highest BCUT2D eigenvalue weighted by molar-refractivity contribution is 5.80. The van der Waals surface area contributed by atoms with Gasteiger partial charge in [-0.2, -0.15) is 13.2 Å². The molecule has 0 bridgehead atoms. The predicted molar refractivity (Wildman–Crippen MR) is 90.1 cm³/mol. The monoisotopic (exact) mass is 378 g/mol. The summed E-state index contributed by atoms with van der Waals surface area (Å²) in [5, 5.41) is 3.09. The van der Waals surface area contributed by atoms with Crippen molar-refractivity contribution in [2.45, 2.75) is 25.6 Å². The number of hydrogen-bond donors (Lipinski definition) is 1. The largest absolute Gasteiger partial charge is 0.403 e. The zero-order valence-electron chi connectivity index (χ0n) is 14.8. The highest BCUT2D eigenvalue weighted by Gasteiger charge is 2.41. The van der Waals surface area contributed by atoms with Crippen LogP contribution in [0.5, 0.6) is 0 Å². The van der Waals surface area contributed by atoms with Crippen molar-refractivity contribution in [1.82, 2.24) is 15.1 Å². The molecule has 1 N–H and O–H groups in total. The fraction of sp³-hybridized carbons (Fsp3) is 0.588. The molecule has 0 amide bonds. The van der Waals surface area contributed by atoms with E-state index in [0.29, 0.717) is 37.6 Å². The van der Waals surface area contributed by atoms with Crippen LogP contribution in [0.25, 0.3) is 0 Å². The Kier molecular flexibility index (Phi) is 6.80. The Labute approximate surface area is 149 Å². The van der Waals surface area contributed by atoms with Gasteiger partial charge in [-0.15, -0.1) is 0 Å². The Hall–Kier alpha value is -1.90. The molecule has 1 heterocycles. The summed E-state index contributed by atoms with van der Waals surface area (Å²) in [6.45, 7) is 3.01. The fourth-order valence-electron chi connectivity index (χ4n) is 2.93. The number of piperazine rings is 1. The quantitative estimate of drug-likeness (QED) is 0.497. The van der Waals surface area contributed by atoms with E-state index in [-0.39, 0.29) is 13.1 Å². The molecule has 0 aromatic heterocycles. The van der Waals surface area contributed by atoms with Gasteiger partial charge < -0.3 is 10.2 Å². The molecule has 4 nitrogen and oxygen atoms in total. The minimum Gasteiger partial charge on any atom is -0.356 e. The van der Waals surface area contributed by atoms with Gasteiger partial charge in [-0.05, 0) is 31.0 Å². The van der Waals surface area contributed by atoms with Crippen molar-refractivity contribution in [2.24, 2.45) is 4.99 Å². The van der Waals surface area contributed by atoms with Crippen LogP contribution in [0.1, 0.15) is 12.5 Å². The summed E-state index contributed by atoms with van der Waals surface area (Å²) in [4.78, 5) is 7.42. The summed E-state index contributed by atoms with van der Waals surface area (Å²) in [5.74, 6) is -0.681. The molecule has 1 unspecified atom stereocenters. The lowest BCUT2D eigenvalue weighted by molar-refractivity contribution is -0.181. The van der Waals surface area contributed by atoms with E-state index in [1.165, 1.54) is 24.0 Å². The lowest BCUT2D eigenvalue weighted by Gasteiger charge is -2.39. The van der Waals surface area contributed by atoms with Gasteiger partial charge in [0.25, 0.3) is 0 Å². The number of benzene rings is 1. The Morgan fingerprint density at radius 3 is 2.19 bits per heavy atom. The Morgan fingerprint density at radius 1 is 1.12 bits per heavy atom. The van der Waals surface area contributed by atoms with E-state index in [4.69, 9.17) is 0 Å². The average Bonchev–Trinajstić information content (AvgIpc) is 2.57. The number of aliphatic imine (C=N–C) groups is 1. The van der Waals surface area contributed by atoms with Gasteiger partial charge in [0.05, 0.1) is 0 Å². The number of nitrogens with zero attached hydrogens (tertiary/aromatic N) is 3. The third-order valence-corrected chi connectivity index (χ3v) is 4.47. The minimum atomic E-state index is -4.23. The Morgan fingerprint density at radius 2 is 1.69 bits per heavy atom. The van der Waals surface area contributed by atoms with Crippen molar-refractivity contribution in [3.63, 3.8) is 0 Å². The molecule has 0 saturated carbocycles. The number of halogens is 5. The second kappa shape index (κ2) is 8.66. The first kappa shape index (κ1) is 20.4. The molecular weight excluding hydrogens is 355 g/mol. The molecule has 1 aromatic carbocycles.